The first kappa shape index (κ1) is 15.1. The number of carbonyl (C=O) groups excluding carboxylic acids is 1. The molecule has 0 aromatic heterocycles. The fourth-order valence-corrected chi connectivity index (χ4v) is 2.80. The van der Waals surface area contributed by atoms with Crippen molar-refractivity contribution in [2.45, 2.75) is 20.4 Å². The predicted molar refractivity (Wildman–Crippen MR) is 87.2 cm³/mol. The first-order chi connectivity index (χ1) is 9.49. The zero-order valence-corrected chi connectivity index (χ0v) is 13.7. The van der Waals surface area contributed by atoms with E-state index in [9.17, 15) is 4.79 Å². The molecule has 0 heterocycles. The molecule has 0 atom stereocenters. The van der Waals surface area contributed by atoms with Crippen molar-refractivity contribution in [3.8, 4) is 0 Å². The lowest BCUT2D eigenvalue weighted by atomic mass is 10.1. The summed E-state index contributed by atoms with van der Waals surface area (Å²) in [6.07, 6.45) is 0. The van der Waals surface area contributed by atoms with E-state index in [1.54, 1.807) is 17.9 Å². The van der Waals surface area contributed by atoms with Gasteiger partial charge in [0.25, 0.3) is 0 Å². The smallest absolute Gasteiger partial charge is 0.224 e. The number of halogens is 2. The molecule has 0 saturated carbocycles. The van der Waals surface area contributed by atoms with Crippen molar-refractivity contribution >= 4 is 39.1 Å². The molecule has 0 aliphatic rings. The Morgan fingerprint density at radius 1 is 1.25 bits per heavy atom. The van der Waals surface area contributed by atoms with E-state index < -0.39 is 0 Å². The van der Waals surface area contributed by atoms with Gasteiger partial charge >= 0.3 is 0 Å². The average molecular weight is 353 g/mol. The van der Waals surface area contributed by atoms with Gasteiger partial charge in [0.05, 0.1) is 17.3 Å². The largest absolute Gasteiger partial charge is 0.307 e. The van der Waals surface area contributed by atoms with Crippen LogP contribution in [0.15, 0.2) is 46.9 Å². The van der Waals surface area contributed by atoms with Gasteiger partial charge in [-0.25, -0.2) is 0 Å². The maximum absolute atomic E-state index is 12.0. The molecule has 4 heteroatoms. The van der Waals surface area contributed by atoms with Crippen LogP contribution < -0.4 is 4.90 Å². The van der Waals surface area contributed by atoms with E-state index in [0.717, 1.165) is 21.3 Å². The fourth-order valence-electron chi connectivity index (χ4n) is 2.02. The second kappa shape index (κ2) is 6.42. The maximum atomic E-state index is 12.0. The standard InChI is InChI=1S/C16H15BrClNO/c1-11-5-3-4-6-13(11)10-19(12(2)20)16-8-7-14(17)9-15(16)18/h3-9H,10H2,1-2H3. The number of hydrogen-bond acceptors (Lipinski definition) is 1. The van der Waals surface area contributed by atoms with E-state index in [1.165, 1.54) is 0 Å². The Morgan fingerprint density at radius 2 is 1.95 bits per heavy atom. The Kier molecular flexibility index (Phi) is 4.84. The van der Waals surface area contributed by atoms with Crippen LogP contribution in [0, 0.1) is 6.92 Å². The van der Waals surface area contributed by atoms with Gasteiger partial charge in [-0.2, -0.15) is 0 Å². The number of hydrogen-bond donors (Lipinski definition) is 0. The molecule has 0 N–H and O–H groups in total. The highest BCUT2D eigenvalue weighted by Crippen LogP contribution is 2.30. The predicted octanol–water partition coefficient (Wildman–Crippen LogP) is 4.96. The molecule has 0 bridgehead atoms. The summed E-state index contributed by atoms with van der Waals surface area (Å²) < 4.78 is 0.894. The summed E-state index contributed by atoms with van der Waals surface area (Å²) in [5, 5.41) is 0.558. The first-order valence-corrected chi connectivity index (χ1v) is 7.44. The van der Waals surface area contributed by atoms with Crippen molar-refractivity contribution in [3.63, 3.8) is 0 Å². The summed E-state index contributed by atoms with van der Waals surface area (Å²) in [5.74, 6) is -0.0301. The lowest BCUT2D eigenvalue weighted by Crippen LogP contribution is -2.28. The van der Waals surface area contributed by atoms with Crippen LogP contribution in [0.25, 0.3) is 0 Å². The van der Waals surface area contributed by atoms with Crippen LogP contribution in [0.1, 0.15) is 18.1 Å². The van der Waals surface area contributed by atoms with Gasteiger partial charge < -0.3 is 4.90 Å². The van der Waals surface area contributed by atoms with Crippen LogP contribution in [-0.2, 0) is 11.3 Å². The van der Waals surface area contributed by atoms with Crippen LogP contribution in [0.3, 0.4) is 0 Å². The molecule has 0 aliphatic carbocycles. The second-order valence-electron chi connectivity index (χ2n) is 4.63. The minimum atomic E-state index is -0.0301. The number of rotatable bonds is 3. The third-order valence-electron chi connectivity index (χ3n) is 3.17. The molecule has 0 unspecified atom stereocenters. The van der Waals surface area contributed by atoms with Gasteiger partial charge in [0.15, 0.2) is 0 Å². The van der Waals surface area contributed by atoms with Gasteiger partial charge in [-0.1, -0.05) is 51.8 Å². The Hall–Kier alpha value is -1.32. The molecule has 2 rings (SSSR count). The number of nitrogens with zero attached hydrogens (tertiary/aromatic N) is 1. The lowest BCUT2D eigenvalue weighted by Gasteiger charge is -2.23. The summed E-state index contributed by atoms with van der Waals surface area (Å²) >= 11 is 9.62. The molecule has 2 nitrogen and oxygen atoms in total. The highest BCUT2D eigenvalue weighted by atomic mass is 79.9. The first-order valence-electron chi connectivity index (χ1n) is 6.26. The van der Waals surface area contributed by atoms with E-state index in [-0.39, 0.29) is 5.91 Å². The maximum Gasteiger partial charge on any atom is 0.224 e. The Balaban J connectivity index is 2.37. The van der Waals surface area contributed by atoms with Crippen LogP contribution in [-0.4, -0.2) is 5.91 Å². The van der Waals surface area contributed by atoms with E-state index in [2.05, 4.69) is 15.9 Å². The second-order valence-corrected chi connectivity index (χ2v) is 5.95. The molecule has 0 saturated heterocycles. The SMILES string of the molecule is CC(=O)N(Cc1ccccc1C)c1ccc(Br)cc1Cl. The molecule has 0 aliphatic heterocycles. The van der Waals surface area contributed by atoms with Gasteiger partial charge in [-0.15, -0.1) is 0 Å². The number of benzene rings is 2. The fraction of sp³-hybridized carbons (Fsp3) is 0.188. The molecular weight excluding hydrogens is 338 g/mol. The Morgan fingerprint density at radius 3 is 2.55 bits per heavy atom. The van der Waals surface area contributed by atoms with Crippen LogP contribution in [0.5, 0.6) is 0 Å². The van der Waals surface area contributed by atoms with Crippen molar-refractivity contribution in [1.82, 2.24) is 0 Å². The van der Waals surface area contributed by atoms with Gasteiger partial charge in [0.1, 0.15) is 0 Å². The van der Waals surface area contributed by atoms with E-state index >= 15 is 0 Å². The monoisotopic (exact) mass is 351 g/mol. The van der Waals surface area contributed by atoms with Crippen LogP contribution in [0.2, 0.25) is 5.02 Å². The van der Waals surface area contributed by atoms with Crippen molar-refractivity contribution in [2.24, 2.45) is 0 Å². The van der Waals surface area contributed by atoms with Crippen LogP contribution in [0.4, 0.5) is 5.69 Å². The summed E-state index contributed by atoms with van der Waals surface area (Å²) in [4.78, 5) is 13.6. The van der Waals surface area contributed by atoms with E-state index in [0.29, 0.717) is 11.6 Å². The van der Waals surface area contributed by atoms with Crippen LogP contribution >= 0.6 is 27.5 Å². The minimum absolute atomic E-state index is 0.0301. The van der Waals surface area contributed by atoms with Crippen molar-refractivity contribution in [3.05, 3.63) is 63.1 Å². The molecule has 20 heavy (non-hydrogen) atoms. The minimum Gasteiger partial charge on any atom is -0.307 e. The number of aryl methyl sites for hydroxylation is 1. The zero-order chi connectivity index (χ0) is 14.7. The van der Waals surface area contributed by atoms with Gasteiger partial charge in [0.2, 0.25) is 5.91 Å². The molecule has 2 aromatic rings. The molecular formula is C16H15BrClNO. The third-order valence-corrected chi connectivity index (χ3v) is 3.97. The summed E-state index contributed by atoms with van der Waals surface area (Å²) in [7, 11) is 0. The van der Waals surface area contributed by atoms with Crippen molar-refractivity contribution in [2.75, 3.05) is 4.90 Å². The molecule has 104 valence electrons. The van der Waals surface area contributed by atoms with Gasteiger partial charge in [-0.3, -0.25) is 4.79 Å². The van der Waals surface area contributed by atoms with Crippen molar-refractivity contribution in [1.29, 1.82) is 0 Å². The highest BCUT2D eigenvalue weighted by molar-refractivity contribution is 9.10. The molecule has 0 fully saturated rings. The zero-order valence-electron chi connectivity index (χ0n) is 11.4. The summed E-state index contributed by atoms with van der Waals surface area (Å²) in [6.45, 7) is 4.11. The molecule has 0 spiro atoms. The summed E-state index contributed by atoms with van der Waals surface area (Å²) in [6, 6.07) is 13.6. The lowest BCUT2D eigenvalue weighted by molar-refractivity contribution is -0.116. The quantitative estimate of drug-likeness (QED) is 0.764. The average Bonchev–Trinajstić information content (AvgIpc) is 2.38. The molecule has 1 amide bonds. The van der Waals surface area contributed by atoms with Crippen molar-refractivity contribution < 1.29 is 4.79 Å². The molecule has 0 radical (unpaired) electrons. The van der Waals surface area contributed by atoms with E-state index in [1.807, 2.05) is 43.3 Å². The number of carbonyl (C=O) groups is 1. The third kappa shape index (κ3) is 3.41. The normalized spacial score (nSPS) is 10.4. The number of anilines is 1. The highest BCUT2D eigenvalue weighted by Gasteiger charge is 2.16. The summed E-state index contributed by atoms with van der Waals surface area (Å²) in [5.41, 5.74) is 3.00. The Bertz CT molecular complexity index is 642. The number of amides is 1. The van der Waals surface area contributed by atoms with E-state index in [4.69, 9.17) is 11.6 Å². The molecule has 2 aromatic carbocycles. The topological polar surface area (TPSA) is 20.3 Å². The Labute approximate surface area is 132 Å². The van der Waals surface area contributed by atoms with Gasteiger partial charge in [0, 0.05) is 11.4 Å². The van der Waals surface area contributed by atoms with Gasteiger partial charge in [-0.05, 0) is 36.2 Å².